The molecular formula is C14H12BN3O2S. The van der Waals surface area contributed by atoms with E-state index in [0.29, 0.717) is 10.9 Å². The van der Waals surface area contributed by atoms with Crippen molar-refractivity contribution in [2.24, 2.45) is 4.99 Å². The predicted molar refractivity (Wildman–Crippen MR) is 86.7 cm³/mol. The second-order valence-electron chi connectivity index (χ2n) is 4.99. The summed E-state index contributed by atoms with van der Waals surface area (Å²) in [5.41, 5.74) is 1.56. The molecule has 1 aliphatic heterocycles. The van der Waals surface area contributed by atoms with E-state index in [9.17, 15) is 10.1 Å². The van der Waals surface area contributed by atoms with Gasteiger partial charge in [0.1, 0.15) is 7.85 Å². The predicted octanol–water partition coefficient (Wildman–Crippen LogP) is 2.53. The first kappa shape index (κ1) is 14.1. The monoisotopic (exact) mass is 297 g/mol. The van der Waals surface area contributed by atoms with Crippen molar-refractivity contribution in [2.75, 3.05) is 0 Å². The molecule has 21 heavy (non-hydrogen) atoms. The number of hydrogen-bond donors (Lipinski definition) is 0. The molecule has 1 aliphatic rings. The maximum absolute atomic E-state index is 11.1. The number of thioether (sulfide) groups is 1. The van der Waals surface area contributed by atoms with E-state index in [-0.39, 0.29) is 22.4 Å². The van der Waals surface area contributed by atoms with Gasteiger partial charge in [-0.3, -0.25) is 20.1 Å². The van der Waals surface area contributed by atoms with Crippen LogP contribution in [0.3, 0.4) is 0 Å². The first-order valence-corrected chi connectivity index (χ1v) is 7.40. The fourth-order valence-electron chi connectivity index (χ4n) is 2.56. The second-order valence-corrected chi connectivity index (χ2v) is 6.32. The number of nitrogens with zero attached hydrogens (tertiary/aromatic N) is 3. The number of nitro groups is 1. The molecule has 2 radical (unpaired) electrons. The molecular weight excluding hydrogens is 285 g/mol. The average molecular weight is 297 g/mol. The Morgan fingerprint density at radius 3 is 2.71 bits per heavy atom. The molecule has 2 heterocycles. The Balaban J connectivity index is 2.10. The molecule has 0 fully saturated rings. The highest BCUT2D eigenvalue weighted by molar-refractivity contribution is 8.14. The van der Waals surface area contributed by atoms with Crippen LogP contribution in [0.2, 0.25) is 0 Å². The summed E-state index contributed by atoms with van der Waals surface area (Å²) in [5.74, 6) is 0. The van der Waals surface area contributed by atoms with Gasteiger partial charge in [-0.15, -0.1) is 0 Å². The fourth-order valence-corrected chi connectivity index (χ4v) is 3.66. The Hall–Kier alpha value is -1.89. The van der Waals surface area contributed by atoms with E-state index in [2.05, 4.69) is 9.98 Å². The minimum Gasteiger partial charge on any atom is -0.279 e. The third-order valence-electron chi connectivity index (χ3n) is 3.49. The SMILES string of the molecule is [B]c1ccc2nc(C3SC(C)=NC3C)ccc2c1[N+](=O)[O-]. The number of aliphatic imine (C=N–C) groups is 1. The van der Waals surface area contributed by atoms with Crippen LogP contribution in [0.5, 0.6) is 0 Å². The standard InChI is InChI=1S/C14H12BN3O2S/c1-7-14(21-8(2)16-7)12-5-3-9-11(17-12)6-4-10(15)13(9)18(19)20/h3-7,14H,1-2H3. The first-order valence-electron chi connectivity index (χ1n) is 6.52. The van der Waals surface area contributed by atoms with E-state index < -0.39 is 4.92 Å². The summed E-state index contributed by atoms with van der Waals surface area (Å²) in [6.07, 6.45) is 0. The summed E-state index contributed by atoms with van der Waals surface area (Å²) in [5, 5.41) is 12.8. The van der Waals surface area contributed by atoms with Crippen molar-refractivity contribution >= 4 is 46.7 Å². The van der Waals surface area contributed by atoms with Crippen LogP contribution in [0.15, 0.2) is 29.3 Å². The van der Waals surface area contributed by atoms with E-state index in [4.69, 9.17) is 7.85 Å². The second kappa shape index (κ2) is 5.14. The minimum absolute atomic E-state index is 0.0777. The van der Waals surface area contributed by atoms with Crippen molar-refractivity contribution in [1.29, 1.82) is 0 Å². The van der Waals surface area contributed by atoms with Gasteiger partial charge < -0.3 is 0 Å². The van der Waals surface area contributed by atoms with Crippen molar-refractivity contribution in [3.8, 4) is 0 Å². The van der Waals surface area contributed by atoms with Gasteiger partial charge in [-0.05, 0) is 37.5 Å². The maximum Gasteiger partial charge on any atom is 0.271 e. The average Bonchev–Trinajstić information content (AvgIpc) is 2.76. The number of hydrogen-bond acceptors (Lipinski definition) is 5. The zero-order valence-electron chi connectivity index (χ0n) is 11.6. The van der Waals surface area contributed by atoms with Crippen molar-refractivity contribution in [3.05, 3.63) is 40.1 Å². The Morgan fingerprint density at radius 2 is 2.10 bits per heavy atom. The molecule has 2 unspecified atom stereocenters. The highest BCUT2D eigenvalue weighted by atomic mass is 32.2. The van der Waals surface area contributed by atoms with Gasteiger partial charge in [-0.2, -0.15) is 0 Å². The Morgan fingerprint density at radius 1 is 1.33 bits per heavy atom. The van der Waals surface area contributed by atoms with Gasteiger partial charge in [0.2, 0.25) is 0 Å². The lowest BCUT2D eigenvalue weighted by Crippen LogP contribution is -2.11. The van der Waals surface area contributed by atoms with E-state index in [0.717, 1.165) is 10.7 Å². The van der Waals surface area contributed by atoms with Crippen LogP contribution in [-0.2, 0) is 0 Å². The molecule has 0 amide bonds. The maximum atomic E-state index is 11.1. The molecule has 0 saturated heterocycles. The van der Waals surface area contributed by atoms with Crippen LogP contribution in [0, 0.1) is 10.1 Å². The number of fused-ring (bicyclic) bond motifs is 1. The number of nitro benzene ring substituents is 1. The Kier molecular flexibility index (Phi) is 3.45. The molecule has 0 aliphatic carbocycles. The number of pyridine rings is 1. The zero-order valence-corrected chi connectivity index (χ0v) is 12.4. The molecule has 0 saturated carbocycles. The highest BCUT2D eigenvalue weighted by Gasteiger charge is 2.28. The molecule has 104 valence electrons. The van der Waals surface area contributed by atoms with Crippen LogP contribution in [0.4, 0.5) is 5.69 Å². The summed E-state index contributed by atoms with van der Waals surface area (Å²) in [4.78, 5) is 19.8. The van der Waals surface area contributed by atoms with Gasteiger partial charge in [0.15, 0.2) is 0 Å². The van der Waals surface area contributed by atoms with E-state index in [1.165, 1.54) is 6.07 Å². The van der Waals surface area contributed by atoms with Crippen molar-refractivity contribution < 1.29 is 4.92 Å². The van der Waals surface area contributed by atoms with Gasteiger partial charge in [-0.25, -0.2) is 0 Å². The zero-order chi connectivity index (χ0) is 15.1. The Bertz CT molecular complexity index is 778. The molecule has 2 aromatic rings. The summed E-state index contributed by atoms with van der Waals surface area (Å²) < 4.78 is 0. The van der Waals surface area contributed by atoms with Crippen LogP contribution in [-0.4, -0.2) is 28.8 Å². The lowest BCUT2D eigenvalue weighted by molar-refractivity contribution is -0.381. The molecule has 7 heteroatoms. The minimum atomic E-state index is -0.459. The largest absolute Gasteiger partial charge is 0.279 e. The van der Waals surface area contributed by atoms with E-state index in [1.807, 2.05) is 19.9 Å². The first-order chi connectivity index (χ1) is 9.97. The van der Waals surface area contributed by atoms with E-state index >= 15 is 0 Å². The van der Waals surface area contributed by atoms with Gasteiger partial charge in [0, 0.05) is 0 Å². The highest BCUT2D eigenvalue weighted by Crippen LogP contribution is 2.39. The summed E-state index contributed by atoms with van der Waals surface area (Å²) in [6.45, 7) is 4.03. The summed E-state index contributed by atoms with van der Waals surface area (Å²) in [6, 6.07) is 6.97. The molecule has 0 spiro atoms. The van der Waals surface area contributed by atoms with Crippen molar-refractivity contribution in [3.63, 3.8) is 0 Å². The van der Waals surface area contributed by atoms with Crippen molar-refractivity contribution in [2.45, 2.75) is 25.1 Å². The summed E-state index contributed by atoms with van der Waals surface area (Å²) in [7, 11) is 5.70. The van der Waals surface area contributed by atoms with Crippen LogP contribution >= 0.6 is 11.8 Å². The quantitative estimate of drug-likeness (QED) is 0.485. The van der Waals surface area contributed by atoms with Gasteiger partial charge in [-0.1, -0.05) is 17.8 Å². The molecule has 3 rings (SSSR count). The Labute approximate surface area is 127 Å². The lowest BCUT2D eigenvalue weighted by Gasteiger charge is -2.13. The molecule has 1 aromatic heterocycles. The normalized spacial score (nSPS) is 21.5. The fraction of sp³-hybridized carbons (Fsp3) is 0.286. The van der Waals surface area contributed by atoms with Gasteiger partial charge in [0.25, 0.3) is 5.69 Å². The smallest absolute Gasteiger partial charge is 0.271 e. The number of rotatable bonds is 2. The van der Waals surface area contributed by atoms with Crippen LogP contribution < -0.4 is 5.46 Å². The van der Waals surface area contributed by atoms with Crippen molar-refractivity contribution in [1.82, 2.24) is 4.98 Å². The van der Waals surface area contributed by atoms with E-state index in [1.54, 1.807) is 23.9 Å². The molecule has 1 aromatic carbocycles. The van der Waals surface area contributed by atoms with Gasteiger partial charge >= 0.3 is 0 Å². The topological polar surface area (TPSA) is 68.4 Å². The molecule has 0 bridgehead atoms. The lowest BCUT2D eigenvalue weighted by atomic mass is 9.92. The molecule has 5 nitrogen and oxygen atoms in total. The number of benzene rings is 1. The van der Waals surface area contributed by atoms with Crippen LogP contribution in [0.1, 0.15) is 24.8 Å². The van der Waals surface area contributed by atoms with Crippen LogP contribution in [0.25, 0.3) is 10.9 Å². The molecule has 0 N–H and O–H groups in total. The summed E-state index contributed by atoms with van der Waals surface area (Å²) >= 11 is 1.68. The third-order valence-corrected chi connectivity index (χ3v) is 4.83. The number of aromatic nitrogens is 1. The molecule has 2 atom stereocenters. The van der Waals surface area contributed by atoms with Gasteiger partial charge in [0.05, 0.1) is 37.9 Å². The third kappa shape index (κ3) is 2.42.